The Kier molecular flexibility index (Phi) is 3.20. The molecule has 1 aliphatic heterocycles. The van der Waals surface area contributed by atoms with Crippen LogP contribution in [0.3, 0.4) is 0 Å². The number of ketones is 1. The lowest BCUT2D eigenvalue weighted by atomic mass is 10.00. The molecule has 3 aromatic rings. The molecular formula is C18H12ClNO3. The van der Waals surface area contributed by atoms with Crippen molar-refractivity contribution in [1.82, 2.24) is 4.57 Å². The van der Waals surface area contributed by atoms with Gasteiger partial charge < -0.3 is 4.74 Å². The van der Waals surface area contributed by atoms with E-state index in [-0.39, 0.29) is 17.9 Å². The van der Waals surface area contributed by atoms with Crippen LogP contribution in [-0.4, -0.2) is 17.0 Å². The van der Waals surface area contributed by atoms with Gasteiger partial charge >= 0.3 is 0 Å². The Balaban J connectivity index is 2.16. The molecule has 0 radical (unpaired) electrons. The molecule has 114 valence electrons. The maximum atomic E-state index is 12.9. The first-order chi connectivity index (χ1) is 11.2. The fourth-order valence-corrected chi connectivity index (χ4v) is 3.05. The van der Waals surface area contributed by atoms with E-state index in [9.17, 15) is 9.59 Å². The predicted molar refractivity (Wildman–Crippen MR) is 89.0 cm³/mol. The Morgan fingerprint density at radius 1 is 0.957 bits per heavy atom. The van der Waals surface area contributed by atoms with Gasteiger partial charge in [0, 0.05) is 22.2 Å². The first-order valence-electron chi connectivity index (χ1n) is 7.26. The predicted octanol–water partition coefficient (Wildman–Crippen LogP) is 3.61. The van der Waals surface area contributed by atoms with Gasteiger partial charge in [-0.25, -0.2) is 4.57 Å². The van der Waals surface area contributed by atoms with Gasteiger partial charge in [-0.2, -0.15) is 0 Å². The van der Waals surface area contributed by atoms with Crippen LogP contribution in [0.15, 0.2) is 53.3 Å². The summed E-state index contributed by atoms with van der Waals surface area (Å²) in [6.07, 6.45) is 0.315. The Hall–Kier alpha value is -2.59. The maximum Gasteiger partial charge on any atom is 0.265 e. The van der Waals surface area contributed by atoms with Crippen molar-refractivity contribution in [3.8, 4) is 11.6 Å². The summed E-state index contributed by atoms with van der Waals surface area (Å²) in [5.74, 6) is 0.303. The smallest absolute Gasteiger partial charge is 0.265 e. The zero-order chi connectivity index (χ0) is 16.0. The molecule has 1 aromatic heterocycles. The third kappa shape index (κ3) is 2.14. The number of nitrogens with zero attached hydrogens (tertiary/aromatic N) is 1. The molecule has 4 nitrogen and oxygen atoms in total. The molecule has 0 fully saturated rings. The summed E-state index contributed by atoms with van der Waals surface area (Å²) in [6, 6.07) is 14.0. The minimum atomic E-state index is -0.212. The summed E-state index contributed by atoms with van der Waals surface area (Å²) in [4.78, 5) is 25.4. The second-order valence-electron chi connectivity index (χ2n) is 5.36. The van der Waals surface area contributed by atoms with E-state index in [0.29, 0.717) is 39.3 Å². The number of pyridine rings is 1. The third-order valence-electron chi connectivity index (χ3n) is 3.98. The van der Waals surface area contributed by atoms with E-state index >= 15 is 0 Å². The molecule has 0 spiro atoms. The number of hydrogen-bond donors (Lipinski definition) is 0. The molecule has 0 aliphatic carbocycles. The van der Waals surface area contributed by atoms with Crippen LogP contribution < -0.4 is 10.3 Å². The van der Waals surface area contributed by atoms with Gasteiger partial charge in [0.15, 0.2) is 5.78 Å². The number of rotatable bonds is 1. The second kappa shape index (κ2) is 5.25. The average Bonchev–Trinajstić information content (AvgIpc) is 2.57. The number of benzene rings is 2. The summed E-state index contributed by atoms with van der Waals surface area (Å²) < 4.78 is 7.16. The SMILES string of the molecule is O=C1CCOc2c1c1ccccc1c(=O)n2-c1ccc(Cl)cc1. The lowest BCUT2D eigenvalue weighted by Crippen LogP contribution is -2.27. The Bertz CT molecular complexity index is 990. The lowest BCUT2D eigenvalue weighted by Gasteiger charge is -2.22. The van der Waals surface area contributed by atoms with E-state index in [2.05, 4.69) is 0 Å². The summed E-state index contributed by atoms with van der Waals surface area (Å²) >= 11 is 5.93. The third-order valence-corrected chi connectivity index (χ3v) is 4.23. The molecule has 2 aromatic carbocycles. The molecule has 0 N–H and O–H groups in total. The van der Waals surface area contributed by atoms with Gasteiger partial charge in [0.2, 0.25) is 5.88 Å². The summed E-state index contributed by atoms with van der Waals surface area (Å²) in [5.41, 5.74) is 0.883. The molecule has 0 bridgehead atoms. The van der Waals surface area contributed by atoms with E-state index in [1.807, 2.05) is 6.07 Å². The molecule has 23 heavy (non-hydrogen) atoms. The van der Waals surface area contributed by atoms with Crippen LogP contribution in [0.5, 0.6) is 5.88 Å². The highest BCUT2D eigenvalue weighted by Gasteiger charge is 2.27. The number of ether oxygens (including phenoxy) is 1. The van der Waals surface area contributed by atoms with Crippen molar-refractivity contribution < 1.29 is 9.53 Å². The molecule has 0 saturated heterocycles. The van der Waals surface area contributed by atoms with Crippen LogP contribution in [0.4, 0.5) is 0 Å². The molecule has 1 aliphatic rings. The zero-order valence-electron chi connectivity index (χ0n) is 12.1. The average molecular weight is 326 g/mol. The number of carbonyl (C=O) groups is 1. The van der Waals surface area contributed by atoms with Gasteiger partial charge in [-0.15, -0.1) is 0 Å². The zero-order valence-corrected chi connectivity index (χ0v) is 12.8. The minimum absolute atomic E-state index is 0.00911. The number of carbonyl (C=O) groups excluding carboxylic acids is 1. The molecule has 0 unspecified atom stereocenters. The van der Waals surface area contributed by atoms with E-state index in [4.69, 9.17) is 16.3 Å². The topological polar surface area (TPSA) is 48.3 Å². The van der Waals surface area contributed by atoms with Crippen molar-refractivity contribution in [3.05, 3.63) is 69.5 Å². The van der Waals surface area contributed by atoms with Crippen LogP contribution in [0.1, 0.15) is 16.8 Å². The number of hydrogen-bond acceptors (Lipinski definition) is 3. The van der Waals surface area contributed by atoms with Crippen LogP contribution in [0.25, 0.3) is 16.5 Å². The number of aromatic nitrogens is 1. The van der Waals surface area contributed by atoms with Gasteiger partial charge in [0.1, 0.15) is 0 Å². The highest BCUT2D eigenvalue weighted by Crippen LogP contribution is 2.32. The van der Waals surface area contributed by atoms with Crippen molar-refractivity contribution in [2.75, 3.05) is 6.61 Å². The largest absolute Gasteiger partial charge is 0.478 e. The molecule has 0 atom stereocenters. The summed E-state index contributed by atoms with van der Waals surface area (Å²) in [6.45, 7) is 0.275. The highest BCUT2D eigenvalue weighted by molar-refractivity contribution is 6.30. The van der Waals surface area contributed by atoms with E-state index in [0.717, 1.165) is 0 Å². The first-order valence-corrected chi connectivity index (χ1v) is 7.64. The van der Waals surface area contributed by atoms with Crippen molar-refractivity contribution in [3.63, 3.8) is 0 Å². The molecule has 0 saturated carbocycles. The lowest BCUT2D eigenvalue weighted by molar-refractivity contribution is 0.0929. The van der Waals surface area contributed by atoms with E-state index < -0.39 is 0 Å². The molecule has 0 amide bonds. The van der Waals surface area contributed by atoms with Gasteiger partial charge in [0.05, 0.1) is 17.9 Å². The molecule has 2 heterocycles. The van der Waals surface area contributed by atoms with Crippen LogP contribution >= 0.6 is 11.6 Å². The fraction of sp³-hybridized carbons (Fsp3) is 0.111. The van der Waals surface area contributed by atoms with Gasteiger partial charge in [-0.05, 0) is 30.3 Å². The van der Waals surface area contributed by atoms with Crippen LogP contribution in [0.2, 0.25) is 5.02 Å². The molecule has 4 rings (SSSR count). The fourth-order valence-electron chi connectivity index (χ4n) is 2.92. The van der Waals surface area contributed by atoms with Gasteiger partial charge in [-0.3, -0.25) is 9.59 Å². The van der Waals surface area contributed by atoms with Crippen LogP contribution in [0, 0.1) is 0 Å². The Labute approximate surface area is 136 Å². The first kappa shape index (κ1) is 14.0. The quantitative estimate of drug-likeness (QED) is 0.686. The van der Waals surface area contributed by atoms with Gasteiger partial charge in [-0.1, -0.05) is 29.8 Å². The minimum Gasteiger partial charge on any atom is -0.478 e. The summed E-state index contributed by atoms with van der Waals surface area (Å²) in [7, 11) is 0. The summed E-state index contributed by atoms with van der Waals surface area (Å²) in [5, 5.41) is 1.72. The van der Waals surface area contributed by atoms with Crippen molar-refractivity contribution in [2.24, 2.45) is 0 Å². The highest BCUT2D eigenvalue weighted by atomic mass is 35.5. The standard InChI is InChI=1S/C18H12ClNO3/c19-11-5-7-12(8-6-11)20-17(22)14-4-2-1-3-13(14)16-15(21)9-10-23-18(16)20/h1-8H,9-10H2. The van der Waals surface area contributed by atoms with Crippen molar-refractivity contribution in [1.29, 1.82) is 0 Å². The monoisotopic (exact) mass is 325 g/mol. The second-order valence-corrected chi connectivity index (χ2v) is 5.80. The van der Waals surface area contributed by atoms with E-state index in [1.165, 1.54) is 4.57 Å². The number of halogens is 1. The number of fused-ring (bicyclic) bond motifs is 3. The van der Waals surface area contributed by atoms with Crippen LogP contribution in [-0.2, 0) is 0 Å². The maximum absolute atomic E-state index is 12.9. The van der Waals surface area contributed by atoms with Crippen molar-refractivity contribution in [2.45, 2.75) is 6.42 Å². The normalized spacial score (nSPS) is 13.7. The number of Topliss-reactive ketones (excluding diaryl/α,β-unsaturated/α-hetero) is 1. The Morgan fingerprint density at radius 2 is 1.65 bits per heavy atom. The van der Waals surface area contributed by atoms with Gasteiger partial charge in [0.25, 0.3) is 5.56 Å². The Morgan fingerprint density at radius 3 is 2.39 bits per heavy atom. The molecular weight excluding hydrogens is 314 g/mol. The van der Waals surface area contributed by atoms with E-state index in [1.54, 1.807) is 42.5 Å². The molecule has 5 heteroatoms. The van der Waals surface area contributed by atoms with Crippen molar-refractivity contribution >= 4 is 28.2 Å².